The average molecular weight is 411 g/mol. The van der Waals surface area contributed by atoms with Crippen LogP contribution in [0.4, 0.5) is 0 Å². The molecule has 1 nitrogen and oxygen atoms in total. The van der Waals surface area contributed by atoms with Crippen molar-refractivity contribution in [2.75, 3.05) is 6.61 Å². The Morgan fingerprint density at radius 3 is 1.73 bits per heavy atom. The molecular weight excluding hydrogens is 375 g/mol. The Morgan fingerprint density at radius 2 is 1.27 bits per heavy atom. The maximum atomic E-state index is 6.04. The van der Waals surface area contributed by atoms with Gasteiger partial charge in [0.1, 0.15) is 0 Å². The SMILES string of the molecule is CCC[CH2][Sn]([CH2]CCC)([CH2]CCC)[c]1ccccc1OCC. The van der Waals surface area contributed by atoms with E-state index >= 15 is 0 Å². The van der Waals surface area contributed by atoms with Crippen LogP contribution in [0.2, 0.25) is 13.3 Å². The summed E-state index contributed by atoms with van der Waals surface area (Å²) in [7, 11) is 0. The number of rotatable bonds is 12. The summed E-state index contributed by atoms with van der Waals surface area (Å²) in [6.45, 7) is 9.91. The van der Waals surface area contributed by atoms with E-state index < -0.39 is 18.4 Å². The second-order valence-electron chi connectivity index (χ2n) is 6.52. The normalized spacial score (nSPS) is 11.6. The van der Waals surface area contributed by atoms with Crippen molar-refractivity contribution in [2.24, 2.45) is 0 Å². The van der Waals surface area contributed by atoms with Gasteiger partial charge in [-0.3, -0.25) is 0 Å². The Labute approximate surface area is 142 Å². The summed E-state index contributed by atoms with van der Waals surface area (Å²) < 4.78 is 12.2. The molecule has 0 amide bonds. The van der Waals surface area contributed by atoms with Crippen molar-refractivity contribution in [1.29, 1.82) is 0 Å². The molecule has 0 spiro atoms. The van der Waals surface area contributed by atoms with Gasteiger partial charge in [-0.2, -0.15) is 0 Å². The van der Waals surface area contributed by atoms with Crippen LogP contribution in [0.3, 0.4) is 0 Å². The summed E-state index contributed by atoms with van der Waals surface area (Å²) in [5, 5.41) is 0. The second kappa shape index (κ2) is 11.4. The number of benzene rings is 1. The van der Waals surface area contributed by atoms with Crippen molar-refractivity contribution >= 4 is 22.0 Å². The predicted octanol–water partition coefficient (Wildman–Crippen LogP) is 6.14. The number of hydrogen-bond acceptors (Lipinski definition) is 1. The van der Waals surface area contributed by atoms with Crippen LogP contribution in [0.25, 0.3) is 0 Å². The third kappa shape index (κ3) is 5.79. The van der Waals surface area contributed by atoms with Crippen molar-refractivity contribution in [2.45, 2.75) is 79.5 Å². The van der Waals surface area contributed by atoms with Gasteiger partial charge in [0.25, 0.3) is 0 Å². The Morgan fingerprint density at radius 1 is 0.773 bits per heavy atom. The molecule has 0 aliphatic rings. The van der Waals surface area contributed by atoms with E-state index in [1.807, 2.05) is 0 Å². The Kier molecular flexibility index (Phi) is 10.3. The first kappa shape index (κ1) is 19.9. The fourth-order valence-corrected chi connectivity index (χ4v) is 20.0. The molecule has 1 aromatic rings. The number of ether oxygens (including phenoxy) is 1. The molecular formula is C20H36OSn. The van der Waals surface area contributed by atoms with Gasteiger partial charge in [0.2, 0.25) is 0 Å². The molecule has 0 N–H and O–H groups in total. The summed E-state index contributed by atoms with van der Waals surface area (Å²) in [4.78, 5) is 0. The Bertz CT molecular complexity index is 381. The van der Waals surface area contributed by atoms with Gasteiger partial charge in [0, 0.05) is 0 Å². The van der Waals surface area contributed by atoms with E-state index in [4.69, 9.17) is 4.74 Å². The van der Waals surface area contributed by atoms with Gasteiger partial charge in [-0.1, -0.05) is 0 Å². The van der Waals surface area contributed by atoms with Crippen LogP contribution in [0.5, 0.6) is 5.75 Å². The van der Waals surface area contributed by atoms with Gasteiger partial charge < -0.3 is 0 Å². The molecule has 0 aromatic heterocycles. The first-order valence-electron chi connectivity index (χ1n) is 9.46. The summed E-state index contributed by atoms with van der Waals surface area (Å²) in [6, 6.07) is 9.02. The van der Waals surface area contributed by atoms with Crippen molar-refractivity contribution in [1.82, 2.24) is 0 Å². The van der Waals surface area contributed by atoms with Gasteiger partial charge in [-0.25, -0.2) is 0 Å². The molecule has 1 aromatic carbocycles. The van der Waals surface area contributed by atoms with E-state index in [-0.39, 0.29) is 0 Å². The molecule has 1 rings (SSSR count). The third-order valence-electron chi connectivity index (χ3n) is 4.78. The number of unbranched alkanes of at least 4 members (excludes halogenated alkanes) is 3. The van der Waals surface area contributed by atoms with Crippen LogP contribution in [-0.2, 0) is 0 Å². The molecule has 22 heavy (non-hydrogen) atoms. The first-order chi connectivity index (χ1) is 10.7. The van der Waals surface area contributed by atoms with Crippen molar-refractivity contribution in [3.05, 3.63) is 24.3 Å². The zero-order chi connectivity index (χ0) is 16.3. The van der Waals surface area contributed by atoms with Crippen LogP contribution >= 0.6 is 0 Å². The second-order valence-corrected chi connectivity index (χ2v) is 19.6. The molecule has 0 saturated heterocycles. The first-order valence-corrected chi connectivity index (χ1v) is 16.9. The zero-order valence-corrected chi connectivity index (χ0v) is 18.1. The number of hydrogen-bond donors (Lipinski definition) is 0. The molecule has 0 bridgehead atoms. The molecule has 0 saturated carbocycles. The van der Waals surface area contributed by atoms with E-state index in [0.29, 0.717) is 0 Å². The Balaban J connectivity index is 3.18. The van der Waals surface area contributed by atoms with Crippen molar-refractivity contribution < 1.29 is 4.74 Å². The van der Waals surface area contributed by atoms with E-state index in [1.165, 1.54) is 57.6 Å². The average Bonchev–Trinajstić information content (AvgIpc) is 2.56. The van der Waals surface area contributed by atoms with Crippen LogP contribution < -0.4 is 8.32 Å². The quantitative estimate of drug-likeness (QED) is 0.376. The molecule has 0 aliphatic heterocycles. The topological polar surface area (TPSA) is 9.23 Å². The summed E-state index contributed by atoms with van der Waals surface area (Å²) >= 11 is -2.34. The molecule has 0 unspecified atom stereocenters. The van der Waals surface area contributed by atoms with Gasteiger partial charge in [-0.15, -0.1) is 0 Å². The van der Waals surface area contributed by atoms with E-state index in [2.05, 4.69) is 52.0 Å². The molecule has 0 radical (unpaired) electrons. The molecule has 0 atom stereocenters. The van der Waals surface area contributed by atoms with Gasteiger partial charge >= 0.3 is 143 Å². The predicted molar refractivity (Wildman–Crippen MR) is 102 cm³/mol. The minimum atomic E-state index is -2.34. The van der Waals surface area contributed by atoms with E-state index in [1.54, 1.807) is 3.58 Å². The number of para-hydroxylation sites is 1. The summed E-state index contributed by atoms with van der Waals surface area (Å²) in [5.74, 6) is 1.21. The Hall–Kier alpha value is -0.181. The van der Waals surface area contributed by atoms with Crippen LogP contribution in [0.1, 0.15) is 66.2 Å². The van der Waals surface area contributed by atoms with Gasteiger partial charge in [0.15, 0.2) is 0 Å². The maximum absolute atomic E-state index is 6.04. The minimum absolute atomic E-state index is 0.786. The standard InChI is InChI=1S/C8H9O.3C4H9.Sn/c1-2-9-8-6-4-3-5-7-8;3*1-3-4-2;/h3-6H,2H2,1H3;3*1,3-4H2,2H3;. The summed E-state index contributed by atoms with van der Waals surface area (Å²) in [5.41, 5.74) is 0. The van der Waals surface area contributed by atoms with Crippen LogP contribution in [0.15, 0.2) is 24.3 Å². The summed E-state index contributed by atoms with van der Waals surface area (Å²) in [6.07, 6.45) is 8.20. The van der Waals surface area contributed by atoms with Gasteiger partial charge in [0.05, 0.1) is 0 Å². The molecule has 0 heterocycles. The van der Waals surface area contributed by atoms with Crippen molar-refractivity contribution in [3.8, 4) is 5.75 Å². The molecule has 0 aliphatic carbocycles. The fourth-order valence-electron chi connectivity index (χ4n) is 3.51. The van der Waals surface area contributed by atoms with Crippen LogP contribution in [-0.4, -0.2) is 25.0 Å². The van der Waals surface area contributed by atoms with E-state index in [0.717, 1.165) is 6.61 Å². The van der Waals surface area contributed by atoms with E-state index in [9.17, 15) is 0 Å². The van der Waals surface area contributed by atoms with Crippen LogP contribution in [0, 0.1) is 0 Å². The van der Waals surface area contributed by atoms with Gasteiger partial charge in [-0.05, 0) is 0 Å². The van der Waals surface area contributed by atoms with Crippen molar-refractivity contribution in [3.63, 3.8) is 0 Å². The third-order valence-corrected chi connectivity index (χ3v) is 20.4. The molecule has 2 heteroatoms. The zero-order valence-electron chi connectivity index (χ0n) is 15.3. The monoisotopic (exact) mass is 412 g/mol. The molecule has 0 fully saturated rings. The molecule has 126 valence electrons. The fraction of sp³-hybridized carbons (Fsp3) is 0.700.